The first-order chi connectivity index (χ1) is 25.8. The number of furan rings is 1. The van der Waals surface area contributed by atoms with Crippen molar-refractivity contribution in [3.8, 4) is 33.4 Å². The zero-order valence-electron chi connectivity index (χ0n) is 28.3. The van der Waals surface area contributed by atoms with Gasteiger partial charge < -0.3 is 9.32 Å². The van der Waals surface area contributed by atoms with Crippen LogP contribution < -0.4 is 4.90 Å². The number of benzene rings is 8. The number of pyridine rings is 1. The summed E-state index contributed by atoms with van der Waals surface area (Å²) in [5.41, 5.74) is 12.7. The third-order valence-electron chi connectivity index (χ3n) is 10.1. The van der Waals surface area contributed by atoms with Gasteiger partial charge in [-0.3, -0.25) is 4.98 Å². The summed E-state index contributed by atoms with van der Waals surface area (Å²) < 4.78 is 6.49. The highest BCUT2D eigenvalue weighted by Crippen LogP contribution is 2.47. The minimum Gasteiger partial charge on any atom is -0.454 e. The van der Waals surface area contributed by atoms with Crippen molar-refractivity contribution in [1.82, 2.24) is 4.98 Å². The van der Waals surface area contributed by atoms with Crippen molar-refractivity contribution in [2.24, 2.45) is 0 Å². The van der Waals surface area contributed by atoms with Crippen LogP contribution in [0, 0.1) is 0 Å². The standard InChI is InChI=1S/C49H32N2O/c1-3-14-33(15-4-1)36-20-11-21-37(30-36)51(46-32-45-42-23-9-10-26-47(42)52-49(45)48-43(46)25-13-29-50-48)38-27-28-40(34-16-5-2-6-17-34)44(31-38)41-24-12-19-35-18-7-8-22-39(35)41/h1-32H. The summed E-state index contributed by atoms with van der Waals surface area (Å²) in [5, 5.41) is 5.55. The Bertz CT molecular complexity index is 2910. The maximum absolute atomic E-state index is 6.49. The van der Waals surface area contributed by atoms with Crippen molar-refractivity contribution < 1.29 is 4.42 Å². The van der Waals surface area contributed by atoms with Gasteiger partial charge in [-0.25, -0.2) is 0 Å². The average molecular weight is 665 g/mol. The molecule has 2 heterocycles. The van der Waals surface area contributed by atoms with E-state index in [4.69, 9.17) is 9.40 Å². The van der Waals surface area contributed by atoms with Gasteiger partial charge in [0.15, 0.2) is 5.58 Å². The van der Waals surface area contributed by atoms with Crippen LogP contribution in [-0.4, -0.2) is 4.98 Å². The zero-order chi connectivity index (χ0) is 34.4. The molecule has 10 rings (SSSR count). The molecule has 244 valence electrons. The van der Waals surface area contributed by atoms with Crippen molar-refractivity contribution in [3.63, 3.8) is 0 Å². The lowest BCUT2D eigenvalue weighted by Crippen LogP contribution is -2.11. The first kappa shape index (κ1) is 29.9. The summed E-state index contributed by atoms with van der Waals surface area (Å²) >= 11 is 0. The van der Waals surface area contributed by atoms with Gasteiger partial charge in [0.2, 0.25) is 0 Å². The van der Waals surface area contributed by atoms with Crippen molar-refractivity contribution in [2.45, 2.75) is 0 Å². The predicted octanol–water partition coefficient (Wildman–Crippen LogP) is 13.8. The summed E-state index contributed by atoms with van der Waals surface area (Å²) in [7, 11) is 0. The lowest BCUT2D eigenvalue weighted by atomic mass is 9.90. The number of hydrogen-bond donors (Lipinski definition) is 0. The van der Waals surface area contributed by atoms with E-state index >= 15 is 0 Å². The van der Waals surface area contributed by atoms with Crippen LogP contribution in [0.4, 0.5) is 17.1 Å². The molecule has 0 aliphatic carbocycles. The number of hydrogen-bond acceptors (Lipinski definition) is 3. The largest absolute Gasteiger partial charge is 0.454 e. The zero-order valence-corrected chi connectivity index (χ0v) is 28.3. The Hall–Kier alpha value is -6.97. The molecule has 52 heavy (non-hydrogen) atoms. The molecule has 0 saturated carbocycles. The van der Waals surface area contributed by atoms with Crippen molar-refractivity contribution in [2.75, 3.05) is 4.90 Å². The molecule has 0 radical (unpaired) electrons. The minimum absolute atomic E-state index is 0.800. The average Bonchev–Trinajstić information content (AvgIpc) is 3.60. The van der Waals surface area contributed by atoms with E-state index in [9.17, 15) is 0 Å². The Morgan fingerprint density at radius 3 is 1.94 bits per heavy atom. The number of aromatic nitrogens is 1. The van der Waals surface area contributed by atoms with Gasteiger partial charge in [-0.2, -0.15) is 0 Å². The molecule has 0 unspecified atom stereocenters. The lowest BCUT2D eigenvalue weighted by molar-refractivity contribution is 0.671. The fourth-order valence-electron chi connectivity index (χ4n) is 7.68. The van der Waals surface area contributed by atoms with Crippen LogP contribution in [-0.2, 0) is 0 Å². The Labute approximate surface area is 301 Å². The number of anilines is 3. The van der Waals surface area contributed by atoms with E-state index in [2.05, 4.69) is 175 Å². The molecule has 8 aromatic carbocycles. The summed E-state index contributed by atoms with van der Waals surface area (Å²) in [6.07, 6.45) is 1.85. The molecule has 0 aliphatic rings. The third-order valence-corrected chi connectivity index (χ3v) is 10.1. The number of para-hydroxylation sites is 1. The van der Waals surface area contributed by atoms with Crippen LogP contribution in [0.25, 0.3) is 77.0 Å². The molecule has 3 nitrogen and oxygen atoms in total. The molecular formula is C49H32N2O. The monoisotopic (exact) mass is 664 g/mol. The summed E-state index contributed by atoms with van der Waals surface area (Å²) in [6, 6.07) is 67.0. The second-order valence-electron chi connectivity index (χ2n) is 13.1. The van der Waals surface area contributed by atoms with Crippen LogP contribution in [0.15, 0.2) is 199 Å². The molecule has 0 saturated heterocycles. The van der Waals surface area contributed by atoms with Gasteiger partial charge in [0.05, 0.1) is 5.69 Å². The molecule has 0 atom stereocenters. The van der Waals surface area contributed by atoms with Gasteiger partial charge in [0.25, 0.3) is 0 Å². The normalized spacial score (nSPS) is 11.5. The summed E-state index contributed by atoms with van der Waals surface area (Å²) in [6.45, 7) is 0. The van der Waals surface area contributed by atoms with E-state index in [1.165, 1.54) is 38.6 Å². The van der Waals surface area contributed by atoms with E-state index in [1.54, 1.807) is 0 Å². The highest BCUT2D eigenvalue weighted by atomic mass is 16.3. The van der Waals surface area contributed by atoms with Gasteiger partial charge in [0, 0.05) is 33.7 Å². The van der Waals surface area contributed by atoms with Gasteiger partial charge in [0.1, 0.15) is 11.1 Å². The molecule has 3 heteroatoms. The first-order valence-electron chi connectivity index (χ1n) is 17.6. The summed E-state index contributed by atoms with van der Waals surface area (Å²) in [4.78, 5) is 7.32. The molecule has 0 spiro atoms. The molecule has 10 aromatic rings. The van der Waals surface area contributed by atoms with Gasteiger partial charge in [-0.05, 0) is 92.7 Å². The second kappa shape index (κ2) is 12.4. The Morgan fingerprint density at radius 2 is 1.08 bits per heavy atom. The van der Waals surface area contributed by atoms with Crippen LogP contribution >= 0.6 is 0 Å². The second-order valence-corrected chi connectivity index (χ2v) is 13.1. The molecule has 0 bridgehead atoms. The van der Waals surface area contributed by atoms with E-state index in [0.717, 1.165) is 55.5 Å². The molecule has 2 aromatic heterocycles. The highest BCUT2D eigenvalue weighted by molar-refractivity contribution is 6.18. The molecule has 0 aliphatic heterocycles. The topological polar surface area (TPSA) is 29.3 Å². The number of nitrogens with zero attached hydrogens (tertiary/aromatic N) is 2. The first-order valence-corrected chi connectivity index (χ1v) is 17.6. The predicted molar refractivity (Wildman–Crippen MR) is 218 cm³/mol. The minimum atomic E-state index is 0.800. The van der Waals surface area contributed by atoms with Crippen LogP contribution in [0.1, 0.15) is 0 Å². The molecule has 0 amide bonds. The van der Waals surface area contributed by atoms with Crippen LogP contribution in [0.3, 0.4) is 0 Å². The quantitative estimate of drug-likeness (QED) is 0.177. The molecule has 0 fully saturated rings. The maximum atomic E-state index is 6.49. The van der Waals surface area contributed by atoms with E-state index in [0.29, 0.717) is 0 Å². The fraction of sp³-hybridized carbons (Fsp3) is 0. The van der Waals surface area contributed by atoms with Crippen LogP contribution in [0.2, 0.25) is 0 Å². The SMILES string of the molecule is c1ccc(-c2cccc(N(c3ccc(-c4ccccc4)c(-c4cccc5ccccc45)c3)c3cc4c5ccccc5oc4c4ncccc34)c2)cc1. The van der Waals surface area contributed by atoms with E-state index in [1.807, 2.05) is 24.4 Å². The number of fused-ring (bicyclic) bond motifs is 6. The van der Waals surface area contributed by atoms with Crippen molar-refractivity contribution in [1.29, 1.82) is 0 Å². The van der Waals surface area contributed by atoms with Crippen molar-refractivity contribution in [3.05, 3.63) is 194 Å². The summed E-state index contributed by atoms with van der Waals surface area (Å²) in [5.74, 6) is 0. The fourth-order valence-corrected chi connectivity index (χ4v) is 7.68. The van der Waals surface area contributed by atoms with Gasteiger partial charge in [-0.15, -0.1) is 0 Å². The van der Waals surface area contributed by atoms with Crippen LogP contribution in [0.5, 0.6) is 0 Å². The number of rotatable bonds is 6. The van der Waals surface area contributed by atoms with E-state index in [-0.39, 0.29) is 0 Å². The third kappa shape index (κ3) is 5.02. The Morgan fingerprint density at radius 1 is 0.404 bits per heavy atom. The molecule has 0 N–H and O–H groups in total. The van der Waals surface area contributed by atoms with Crippen molar-refractivity contribution >= 4 is 60.7 Å². The molecular weight excluding hydrogens is 633 g/mol. The van der Waals surface area contributed by atoms with Gasteiger partial charge >= 0.3 is 0 Å². The Balaban J connectivity index is 1.29. The maximum Gasteiger partial charge on any atom is 0.161 e. The highest BCUT2D eigenvalue weighted by Gasteiger charge is 2.23. The van der Waals surface area contributed by atoms with Gasteiger partial charge in [-0.1, -0.05) is 140 Å². The lowest BCUT2D eigenvalue weighted by Gasteiger charge is -2.28. The van der Waals surface area contributed by atoms with E-state index < -0.39 is 0 Å². The Kier molecular flexibility index (Phi) is 7.14. The smallest absolute Gasteiger partial charge is 0.161 e.